The SMILES string of the molecule is O=C(CCN1CCC(NS(=O)(=O)c2ccc(F)cc2)CC1)Nc1ccc(Cl)cc1. The largest absolute Gasteiger partial charge is 0.326 e. The third-order valence-electron chi connectivity index (χ3n) is 4.82. The average molecular weight is 440 g/mol. The Balaban J connectivity index is 1.41. The molecule has 156 valence electrons. The summed E-state index contributed by atoms with van der Waals surface area (Å²) >= 11 is 5.83. The maximum Gasteiger partial charge on any atom is 0.240 e. The standard InChI is InChI=1S/C20H23ClFN3O3S/c21-15-1-5-17(6-2-15)23-20(26)11-14-25-12-9-18(10-13-25)24-29(27,28)19-7-3-16(22)4-8-19/h1-8,18,24H,9-14H2,(H,23,26). The predicted octanol–water partition coefficient (Wildman–Crippen LogP) is 3.25. The minimum atomic E-state index is -3.67. The van der Waals surface area contributed by atoms with Crippen LogP contribution in [0.2, 0.25) is 5.02 Å². The summed E-state index contributed by atoms with van der Waals surface area (Å²) in [4.78, 5) is 14.3. The van der Waals surface area contributed by atoms with Crippen molar-refractivity contribution in [2.24, 2.45) is 0 Å². The molecule has 1 aliphatic rings. The molecule has 0 aliphatic carbocycles. The number of piperidine rings is 1. The van der Waals surface area contributed by atoms with E-state index in [1.54, 1.807) is 24.3 Å². The Morgan fingerprint density at radius 1 is 1.07 bits per heavy atom. The van der Waals surface area contributed by atoms with Gasteiger partial charge in [-0.3, -0.25) is 4.79 Å². The van der Waals surface area contributed by atoms with Crippen LogP contribution in [0.25, 0.3) is 0 Å². The van der Waals surface area contributed by atoms with Crippen molar-refractivity contribution in [1.29, 1.82) is 0 Å². The molecule has 0 spiro atoms. The minimum absolute atomic E-state index is 0.0557. The fraction of sp³-hybridized carbons (Fsp3) is 0.350. The van der Waals surface area contributed by atoms with Gasteiger partial charge in [-0.15, -0.1) is 0 Å². The van der Waals surface area contributed by atoms with Crippen molar-refractivity contribution in [2.75, 3.05) is 25.0 Å². The Morgan fingerprint density at radius 3 is 2.31 bits per heavy atom. The topological polar surface area (TPSA) is 78.5 Å². The van der Waals surface area contributed by atoms with E-state index in [1.807, 2.05) is 0 Å². The summed E-state index contributed by atoms with van der Waals surface area (Å²) in [6.45, 7) is 2.01. The lowest BCUT2D eigenvalue weighted by atomic mass is 10.1. The Hall–Kier alpha value is -2.00. The van der Waals surface area contributed by atoms with Gasteiger partial charge in [0.1, 0.15) is 5.82 Å². The average Bonchev–Trinajstić information content (AvgIpc) is 2.69. The molecule has 0 aromatic heterocycles. The zero-order chi connectivity index (χ0) is 20.9. The lowest BCUT2D eigenvalue weighted by Crippen LogP contribution is -2.45. The summed E-state index contributed by atoms with van der Waals surface area (Å²) in [7, 11) is -3.67. The third-order valence-corrected chi connectivity index (χ3v) is 6.60. The summed E-state index contributed by atoms with van der Waals surface area (Å²) in [6.07, 6.45) is 1.66. The van der Waals surface area contributed by atoms with E-state index in [2.05, 4.69) is 14.9 Å². The van der Waals surface area contributed by atoms with Gasteiger partial charge in [0.05, 0.1) is 4.90 Å². The third kappa shape index (κ3) is 6.50. The zero-order valence-electron chi connectivity index (χ0n) is 15.8. The van der Waals surface area contributed by atoms with E-state index in [0.717, 1.165) is 12.1 Å². The molecule has 2 aromatic carbocycles. The normalized spacial score (nSPS) is 15.9. The molecule has 0 atom stereocenters. The molecule has 1 aliphatic heterocycles. The van der Waals surface area contributed by atoms with Crippen LogP contribution in [0.1, 0.15) is 19.3 Å². The number of sulfonamides is 1. The van der Waals surface area contributed by atoms with Gasteiger partial charge >= 0.3 is 0 Å². The maximum atomic E-state index is 13.0. The smallest absolute Gasteiger partial charge is 0.240 e. The van der Waals surface area contributed by atoms with Crippen LogP contribution in [0.3, 0.4) is 0 Å². The maximum absolute atomic E-state index is 13.0. The molecule has 2 N–H and O–H groups in total. The number of amides is 1. The van der Waals surface area contributed by atoms with E-state index in [0.29, 0.717) is 49.6 Å². The Labute approximate surface area is 175 Å². The number of carbonyl (C=O) groups is 1. The number of hydrogen-bond donors (Lipinski definition) is 2. The fourth-order valence-corrected chi connectivity index (χ4v) is 4.62. The van der Waals surface area contributed by atoms with Crippen LogP contribution >= 0.6 is 11.6 Å². The molecule has 0 unspecified atom stereocenters. The number of carbonyl (C=O) groups excluding carboxylic acids is 1. The monoisotopic (exact) mass is 439 g/mol. The van der Waals surface area contributed by atoms with Gasteiger partial charge in [0.2, 0.25) is 15.9 Å². The van der Waals surface area contributed by atoms with E-state index in [1.165, 1.54) is 12.1 Å². The Bertz CT molecular complexity index is 928. The number of anilines is 1. The van der Waals surface area contributed by atoms with E-state index in [4.69, 9.17) is 11.6 Å². The molecule has 1 saturated heterocycles. The van der Waals surface area contributed by atoms with Gasteiger partial charge in [0.25, 0.3) is 0 Å². The Morgan fingerprint density at radius 2 is 1.69 bits per heavy atom. The van der Waals surface area contributed by atoms with Crippen molar-refractivity contribution >= 4 is 33.2 Å². The van der Waals surface area contributed by atoms with Crippen molar-refractivity contribution in [3.63, 3.8) is 0 Å². The molecule has 6 nitrogen and oxygen atoms in total. The molecule has 29 heavy (non-hydrogen) atoms. The summed E-state index contributed by atoms with van der Waals surface area (Å²) in [5, 5.41) is 3.44. The van der Waals surface area contributed by atoms with Gasteiger partial charge in [0, 0.05) is 29.7 Å². The highest BCUT2D eigenvalue weighted by atomic mass is 35.5. The minimum Gasteiger partial charge on any atom is -0.326 e. The molecule has 0 radical (unpaired) electrons. The summed E-state index contributed by atoms with van der Waals surface area (Å²) in [5.41, 5.74) is 0.702. The van der Waals surface area contributed by atoms with Crippen molar-refractivity contribution in [3.8, 4) is 0 Å². The second kappa shape index (κ2) is 9.67. The number of nitrogens with one attached hydrogen (secondary N) is 2. The molecule has 0 saturated carbocycles. The fourth-order valence-electron chi connectivity index (χ4n) is 3.19. The first kappa shape index (κ1) is 21.7. The lowest BCUT2D eigenvalue weighted by molar-refractivity contribution is -0.116. The highest BCUT2D eigenvalue weighted by Crippen LogP contribution is 2.17. The number of nitrogens with zero attached hydrogens (tertiary/aromatic N) is 1. The van der Waals surface area contributed by atoms with Gasteiger partial charge in [-0.1, -0.05) is 11.6 Å². The van der Waals surface area contributed by atoms with Gasteiger partial charge < -0.3 is 10.2 Å². The number of benzene rings is 2. The van der Waals surface area contributed by atoms with Gasteiger partial charge in [0.15, 0.2) is 0 Å². The van der Waals surface area contributed by atoms with Gasteiger partial charge in [-0.25, -0.2) is 17.5 Å². The Kier molecular flexibility index (Phi) is 7.23. The van der Waals surface area contributed by atoms with Crippen LogP contribution in [0.4, 0.5) is 10.1 Å². The molecular formula is C20H23ClFN3O3S. The van der Waals surface area contributed by atoms with Crippen molar-refractivity contribution in [1.82, 2.24) is 9.62 Å². The highest BCUT2D eigenvalue weighted by Gasteiger charge is 2.24. The second-order valence-corrected chi connectivity index (χ2v) is 9.15. The first-order chi connectivity index (χ1) is 13.8. The van der Waals surface area contributed by atoms with Gasteiger partial charge in [-0.05, 0) is 74.5 Å². The molecule has 1 fully saturated rings. The quantitative estimate of drug-likeness (QED) is 0.694. The molecule has 0 bridgehead atoms. The molecule has 9 heteroatoms. The highest BCUT2D eigenvalue weighted by molar-refractivity contribution is 7.89. The molecule has 1 amide bonds. The molecule has 1 heterocycles. The lowest BCUT2D eigenvalue weighted by Gasteiger charge is -2.32. The number of rotatable bonds is 7. The summed E-state index contributed by atoms with van der Waals surface area (Å²) < 4.78 is 40.5. The van der Waals surface area contributed by atoms with Crippen molar-refractivity contribution in [2.45, 2.75) is 30.2 Å². The first-order valence-corrected chi connectivity index (χ1v) is 11.2. The number of halogens is 2. The predicted molar refractivity (Wildman–Crippen MR) is 111 cm³/mol. The van der Waals surface area contributed by atoms with Crippen LogP contribution in [0.5, 0.6) is 0 Å². The van der Waals surface area contributed by atoms with Crippen LogP contribution in [0.15, 0.2) is 53.4 Å². The van der Waals surface area contributed by atoms with E-state index in [9.17, 15) is 17.6 Å². The number of likely N-dealkylation sites (tertiary alicyclic amines) is 1. The van der Waals surface area contributed by atoms with Crippen molar-refractivity contribution in [3.05, 3.63) is 59.4 Å². The molecule has 2 aromatic rings. The van der Waals surface area contributed by atoms with Crippen LogP contribution < -0.4 is 10.0 Å². The molecule has 3 rings (SSSR count). The van der Waals surface area contributed by atoms with Crippen LogP contribution in [-0.4, -0.2) is 44.9 Å². The summed E-state index contributed by atoms with van der Waals surface area (Å²) in [5.74, 6) is -0.552. The van der Waals surface area contributed by atoms with E-state index < -0.39 is 15.8 Å². The van der Waals surface area contributed by atoms with Crippen LogP contribution in [0, 0.1) is 5.82 Å². The second-order valence-electron chi connectivity index (χ2n) is 7.00. The van der Waals surface area contributed by atoms with E-state index >= 15 is 0 Å². The first-order valence-electron chi connectivity index (χ1n) is 9.37. The zero-order valence-corrected chi connectivity index (χ0v) is 17.3. The van der Waals surface area contributed by atoms with Gasteiger partial charge in [-0.2, -0.15) is 0 Å². The summed E-state index contributed by atoms with van der Waals surface area (Å²) in [6, 6.07) is 11.5. The molecular weight excluding hydrogens is 417 g/mol. The van der Waals surface area contributed by atoms with Crippen LogP contribution in [-0.2, 0) is 14.8 Å². The van der Waals surface area contributed by atoms with Crippen molar-refractivity contribution < 1.29 is 17.6 Å². The number of hydrogen-bond acceptors (Lipinski definition) is 4. The van der Waals surface area contributed by atoms with E-state index in [-0.39, 0.29) is 16.8 Å².